The standard InChI is InChI=1S/C38H38ClF2N7O4/c1-38(2,3)52-37(51)42-24-8-11-30(40)27(19-24)31-21-48(44-43-31)25-12-15-46(16-13-25)35(49)22-6-5-7-23(18-22)36(50)47-17-14-32-28(20-47)26-9-10-29(39)33(41)34(26)45(32)4/h5-11,18-19,21,25H,12-17,20H2,1-4H3,(H,42,51). The number of halogens is 3. The lowest BCUT2D eigenvalue weighted by Crippen LogP contribution is -2.39. The highest BCUT2D eigenvalue weighted by Gasteiger charge is 2.30. The molecule has 1 saturated heterocycles. The van der Waals surface area contributed by atoms with Gasteiger partial charge in [0.2, 0.25) is 0 Å². The first-order valence-corrected chi connectivity index (χ1v) is 17.5. The largest absolute Gasteiger partial charge is 0.444 e. The number of carbonyl (C=O) groups is 3. The zero-order valence-corrected chi connectivity index (χ0v) is 30.0. The summed E-state index contributed by atoms with van der Waals surface area (Å²) in [6, 6.07) is 14.2. The molecule has 1 N–H and O–H groups in total. The number of anilines is 1. The molecule has 4 heterocycles. The third-order valence-corrected chi connectivity index (χ3v) is 9.91. The van der Waals surface area contributed by atoms with Crippen LogP contribution in [0.15, 0.2) is 60.8 Å². The predicted octanol–water partition coefficient (Wildman–Crippen LogP) is 7.39. The van der Waals surface area contributed by atoms with Crippen molar-refractivity contribution >= 4 is 46.1 Å². The van der Waals surface area contributed by atoms with Crippen LogP contribution in [-0.2, 0) is 24.8 Å². The summed E-state index contributed by atoms with van der Waals surface area (Å²) in [7, 11) is 1.81. The first-order chi connectivity index (χ1) is 24.8. The van der Waals surface area contributed by atoms with Gasteiger partial charge in [-0.05, 0) is 76.1 Å². The third kappa shape index (κ3) is 6.84. The Morgan fingerprint density at radius 1 is 0.942 bits per heavy atom. The molecule has 11 nitrogen and oxygen atoms in total. The number of aryl methyl sites for hydroxylation is 1. The van der Waals surface area contributed by atoms with Crippen LogP contribution in [0.3, 0.4) is 0 Å². The minimum atomic E-state index is -0.683. The molecular weight excluding hydrogens is 692 g/mol. The molecule has 1 fully saturated rings. The molecule has 52 heavy (non-hydrogen) atoms. The number of carbonyl (C=O) groups excluding carboxylic acids is 3. The zero-order valence-electron chi connectivity index (χ0n) is 29.3. The lowest BCUT2D eigenvalue weighted by molar-refractivity contribution is 0.0633. The molecule has 0 spiro atoms. The molecule has 0 saturated carbocycles. The van der Waals surface area contributed by atoms with Crippen LogP contribution in [0.5, 0.6) is 0 Å². The number of fused-ring (bicyclic) bond motifs is 3. The number of rotatable bonds is 5. The van der Waals surface area contributed by atoms with E-state index in [1.807, 2.05) is 11.6 Å². The quantitative estimate of drug-likeness (QED) is 0.202. The van der Waals surface area contributed by atoms with Crippen LogP contribution in [0.4, 0.5) is 19.3 Å². The Morgan fingerprint density at radius 2 is 1.65 bits per heavy atom. The Hall–Kier alpha value is -5.30. The summed E-state index contributed by atoms with van der Waals surface area (Å²) in [6.07, 6.45) is 2.78. The van der Waals surface area contributed by atoms with E-state index in [4.69, 9.17) is 16.3 Å². The van der Waals surface area contributed by atoms with E-state index < -0.39 is 23.3 Å². The summed E-state index contributed by atoms with van der Waals surface area (Å²) in [4.78, 5) is 43.0. The van der Waals surface area contributed by atoms with Gasteiger partial charge in [-0.15, -0.1) is 5.10 Å². The number of hydrogen-bond acceptors (Lipinski definition) is 6. The second kappa shape index (κ2) is 13.7. The van der Waals surface area contributed by atoms with Crippen molar-refractivity contribution in [1.82, 2.24) is 29.4 Å². The van der Waals surface area contributed by atoms with Gasteiger partial charge in [-0.3, -0.25) is 14.9 Å². The van der Waals surface area contributed by atoms with Gasteiger partial charge in [0.05, 0.1) is 22.8 Å². The van der Waals surface area contributed by atoms with Gasteiger partial charge in [0, 0.05) is 78.7 Å². The zero-order chi connectivity index (χ0) is 36.9. The highest BCUT2D eigenvalue weighted by atomic mass is 35.5. The van der Waals surface area contributed by atoms with E-state index in [1.165, 1.54) is 24.3 Å². The van der Waals surface area contributed by atoms with Gasteiger partial charge < -0.3 is 19.1 Å². The normalized spacial score (nSPS) is 15.1. The van der Waals surface area contributed by atoms with E-state index in [-0.39, 0.29) is 28.4 Å². The summed E-state index contributed by atoms with van der Waals surface area (Å²) >= 11 is 6.06. The number of amides is 3. The summed E-state index contributed by atoms with van der Waals surface area (Å²) in [5.74, 6) is -1.36. The second-order valence-electron chi connectivity index (χ2n) is 14.2. The molecule has 7 rings (SSSR count). The molecule has 0 bridgehead atoms. The smallest absolute Gasteiger partial charge is 0.412 e. The van der Waals surface area contributed by atoms with Crippen LogP contribution in [0.1, 0.15) is 71.6 Å². The number of nitrogens with one attached hydrogen (secondary N) is 1. The topological polar surface area (TPSA) is 115 Å². The Kier molecular flexibility index (Phi) is 9.24. The molecular formula is C38H38ClF2N7O4. The fourth-order valence-corrected chi connectivity index (χ4v) is 7.22. The van der Waals surface area contributed by atoms with Crippen molar-refractivity contribution in [2.75, 3.05) is 25.0 Å². The third-order valence-electron chi connectivity index (χ3n) is 9.62. The maximum absolute atomic E-state index is 14.9. The summed E-state index contributed by atoms with van der Waals surface area (Å²) in [5, 5.41) is 11.9. The van der Waals surface area contributed by atoms with Crippen molar-refractivity contribution in [2.24, 2.45) is 7.05 Å². The van der Waals surface area contributed by atoms with Crippen molar-refractivity contribution in [2.45, 2.75) is 58.2 Å². The molecule has 2 aliphatic rings. The molecule has 14 heteroatoms. The summed E-state index contributed by atoms with van der Waals surface area (Å²) in [5.41, 5.74) is 3.30. The maximum Gasteiger partial charge on any atom is 0.412 e. The van der Waals surface area contributed by atoms with Crippen LogP contribution in [-0.4, -0.2) is 72.5 Å². The lowest BCUT2D eigenvalue weighted by atomic mass is 10.0. The van der Waals surface area contributed by atoms with Crippen LogP contribution in [0.2, 0.25) is 5.02 Å². The van der Waals surface area contributed by atoms with E-state index >= 15 is 0 Å². The summed E-state index contributed by atoms with van der Waals surface area (Å²) < 4.78 is 38.5. The van der Waals surface area contributed by atoms with E-state index in [0.717, 1.165) is 16.6 Å². The first-order valence-electron chi connectivity index (χ1n) is 17.1. The van der Waals surface area contributed by atoms with Gasteiger partial charge in [-0.1, -0.05) is 28.9 Å². The number of aromatic nitrogens is 4. The molecule has 0 unspecified atom stereocenters. The van der Waals surface area contributed by atoms with Crippen LogP contribution < -0.4 is 5.32 Å². The van der Waals surface area contributed by atoms with Crippen LogP contribution >= 0.6 is 11.6 Å². The monoisotopic (exact) mass is 729 g/mol. The van der Waals surface area contributed by atoms with Crippen molar-refractivity contribution in [1.29, 1.82) is 0 Å². The minimum Gasteiger partial charge on any atom is -0.444 e. The number of hydrogen-bond donors (Lipinski definition) is 1. The average Bonchev–Trinajstić information content (AvgIpc) is 3.72. The molecule has 0 radical (unpaired) electrons. The fraction of sp³-hybridized carbons (Fsp3) is 0.342. The van der Waals surface area contributed by atoms with E-state index in [9.17, 15) is 23.2 Å². The first kappa shape index (κ1) is 35.1. The molecule has 2 aromatic heterocycles. The van der Waals surface area contributed by atoms with Gasteiger partial charge >= 0.3 is 6.09 Å². The number of ether oxygens (including phenoxy) is 1. The molecule has 5 aromatic rings. The van der Waals surface area contributed by atoms with Crippen molar-refractivity contribution in [3.05, 3.63) is 99.8 Å². The van der Waals surface area contributed by atoms with Gasteiger partial charge in [0.15, 0.2) is 5.82 Å². The molecule has 3 amide bonds. The molecule has 3 aromatic carbocycles. The number of likely N-dealkylation sites (tertiary alicyclic amines) is 1. The Balaban J connectivity index is 0.988. The fourth-order valence-electron chi connectivity index (χ4n) is 7.07. The predicted molar refractivity (Wildman–Crippen MR) is 192 cm³/mol. The molecule has 0 atom stereocenters. The van der Waals surface area contributed by atoms with Gasteiger partial charge in [0.25, 0.3) is 11.8 Å². The second-order valence-corrected chi connectivity index (χ2v) is 14.6. The van der Waals surface area contributed by atoms with Crippen molar-refractivity contribution < 1.29 is 27.9 Å². The van der Waals surface area contributed by atoms with E-state index in [0.29, 0.717) is 73.5 Å². The number of piperidine rings is 1. The Bertz CT molecular complexity index is 2220. The average molecular weight is 730 g/mol. The van der Waals surface area contributed by atoms with Crippen molar-refractivity contribution in [3.8, 4) is 11.3 Å². The Labute approximate surface area is 304 Å². The highest BCUT2D eigenvalue weighted by Crippen LogP contribution is 2.35. The molecule has 270 valence electrons. The molecule has 2 aliphatic heterocycles. The maximum atomic E-state index is 14.9. The van der Waals surface area contributed by atoms with E-state index in [1.54, 1.807) is 71.8 Å². The highest BCUT2D eigenvalue weighted by molar-refractivity contribution is 6.31. The van der Waals surface area contributed by atoms with E-state index in [2.05, 4.69) is 15.6 Å². The van der Waals surface area contributed by atoms with Gasteiger partial charge in [-0.2, -0.15) is 0 Å². The molecule has 0 aliphatic carbocycles. The summed E-state index contributed by atoms with van der Waals surface area (Å²) in [6.45, 7) is 6.95. The van der Waals surface area contributed by atoms with Crippen molar-refractivity contribution in [3.63, 3.8) is 0 Å². The van der Waals surface area contributed by atoms with Crippen LogP contribution in [0, 0.1) is 11.6 Å². The minimum absolute atomic E-state index is 0.0576. The SMILES string of the molecule is Cn1c2c(c3ccc(Cl)c(F)c31)CN(C(=O)c1cccc(C(=O)N3CCC(n4cc(-c5cc(NC(=O)OC(C)(C)C)ccc5F)nn4)CC3)c1)CC2. The number of nitrogens with zero attached hydrogens (tertiary/aromatic N) is 6. The number of benzene rings is 3. The van der Waals surface area contributed by atoms with Crippen LogP contribution in [0.25, 0.3) is 22.2 Å². The van der Waals surface area contributed by atoms with Gasteiger partial charge in [0.1, 0.15) is 17.1 Å². The lowest BCUT2D eigenvalue weighted by Gasteiger charge is -2.32. The Morgan fingerprint density at radius 3 is 2.37 bits per heavy atom. The van der Waals surface area contributed by atoms with Gasteiger partial charge in [-0.25, -0.2) is 18.3 Å².